The summed E-state index contributed by atoms with van der Waals surface area (Å²) in [4.78, 5) is 18.6. The smallest absolute Gasteiger partial charge is 0.354 e. The quantitative estimate of drug-likeness (QED) is 0.634. The van der Waals surface area contributed by atoms with E-state index >= 15 is 0 Å². The molecule has 0 amide bonds. The summed E-state index contributed by atoms with van der Waals surface area (Å²) in [5.41, 5.74) is 2.14. The van der Waals surface area contributed by atoms with Crippen molar-refractivity contribution in [1.82, 2.24) is 14.8 Å². The van der Waals surface area contributed by atoms with E-state index < -0.39 is 11.6 Å². The molecular weight excluding hydrogens is 406 g/mol. The van der Waals surface area contributed by atoms with Crippen LogP contribution in [0.1, 0.15) is 60.6 Å². The van der Waals surface area contributed by atoms with Crippen LogP contribution in [0.2, 0.25) is 0 Å². The van der Waals surface area contributed by atoms with Crippen molar-refractivity contribution in [2.45, 2.75) is 50.0 Å². The van der Waals surface area contributed by atoms with E-state index in [9.17, 15) is 15.0 Å². The van der Waals surface area contributed by atoms with Crippen LogP contribution in [0.4, 0.5) is 5.69 Å². The molecule has 1 aromatic carbocycles. The molecule has 5 rings (SSSR count). The van der Waals surface area contributed by atoms with E-state index in [4.69, 9.17) is 10.4 Å². The number of carbonyl (C=O) groups is 1. The second kappa shape index (κ2) is 7.92. The summed E-state index contributed by atoms with van der Waals surface area (Å²) in [6.07, 6.45) is 4.29. The summed E-state index contributed by atoms with van der Waals surface area (Å²) in [5.74, 6) is -0.754. The lowest BCUT2D eigenvalue weighted by atomic mass is 9.81. The zero-order valence-corrected chi connectivity index (χ0v) is 17.7. The van der Waals surface area contributed by atoms with Crippen molar-refractivity contribution in [3.05, 3.63) is 47.8 Å². The summed E-state index contributed by atoms with van der Waals surface area (Å²) >= 11 is 0. The van der Waals surface area contributed by atoms with Gasteiger partial charge in [-0.15, -0.1) is 0 Å². The molecule has 0 atom stereocenters. The molecule has 2 fully saturated rings. The number of pyridine rings is 1. The lowest BCUT2D eigenvalue weighted by Crippen LogP contribution is -2.44. The van der Waals surface area contributed by atoms with E-state index in [0.29, 0.717) is 37.5 Å². The molecule has 32 heavy (non-hydrogen) atoms. The van der Waals surface area contributed by atoms with Crippen LogP contribution in [0.3, 0.4) is 0 Å². The highest BCUT2D eigenvalue weighted by Gasteiger charge is 2.35. The monoisotopic (exact) mass is 431 g/mol. The number of aromatic carboxylic acids is 1. The molecule has 0 unspecified atom stereocenters. The second-order valence-corrected chi connectivity index (χ2v) is 8.84. The zero-order chi connectivity index (χ0) is 22.3. The van der Waals surface area contributed by atoms with Crippen LogP contribution in [0.25, 0.3) is 16.7 Å². The molecule has 1 saturated heterocycles. The number of hydrogen-bond donors (Lipinski definition) is 2. The van der Waals surface area contributed by atoms with Crippen LogP contribution >= 0.6 is 0 Å². The van der Waals surface area contributed by atoms with Gasteiger partial charge >= 0.3 is 5.97 Å². The number of hydrogen-bond acceptors (Lipinski definition) is 6. The number of para-hydroxylation sites is 1. The molecule has 3 heterocycles. The Labute approximate surface area is 185 Å². The number of fused-ring (bicyclic) bond motifs is 1. The molecule has 1 saturated carbocycles. The first kappa shape index (κ1) is 20.5. The standard InChI is InChI=1S/C24H25N5O3/c25-12-9-24(32)10-13-28(14-11-24)19-15-18(23(30)31)26-22-20(19)21(16-5-4-6-16)27-29(22)17-7-2-1-3-8-17/h1-3,7-8,15-16,32H,4-6,9-11,13-14H2,(H,30,31). The van der Waals surface area contributed by atoms with Gasteiger partial charge in [0.1, 0.15) is 0 Å². The molecular formula is C24H25N5O3. The van der Waals surface area contributed by atoms with Crippen molar-refractivity contribution in [2.24, 2.45) is 0 Å². The van der Waals surface area contributed by atoms with Gasteiger partial charge in [-0.3, -0.25) is 0 Å². The zero-order valence-electron chi connectivity index (χ0n) is 17.7. The van der Waals surface area contributed by atoms with E-state index in [1.165, 1.54) is 0 Å². The SMILES string of the molecule is N#CCC1(O)CCN(c2cc(C(=O)O)nc3c2c(C2CCC2)nn3-c2ccccc2)CC1. The van der Waals surface area contributed by atoms with Crippen LogP contribution in [0.15, 0.2) is 36.4 Å². The number of nitriles is 1. The molecule has 1 aliphatic carbocycles. The van der Waals surface area contributed by atoms with E-state index in [1.807, 2.05) is 30.3 Å². The van der Waals surface area contributed by atoms with Gasteiger partial charge in [0.05, 0.1) is 40.5 Å². The summed E-state index contributed by atoms with van der Waals surface area (Å²) < 4.78 is 1.76. The van der Waals surface area contributed by atoms with E-state index in [1.54, 1.807) is 10.7 Å². The minimum absolute atomic E-state index is 0.0254. The molecule has 0 radical (unpaired) electrons. The minimum atomic E-state index is -1.09. The molecule has 2 N–H and O–H groups in total. The first-order valence-corrected chi connectivity index (χ1v) is 11.1. The van der Waals surface area contributed by atoms with Gasteiger partial charge in [-0.05, 0) is 43.9 Å². The molecule has 164 valence electrons. The Bertz CT molecular complexity index is 1200. The normalized spacial score (nSPS) is 18.3. The van der Waals surface area contributed by atoms with Gasteiger partial charge in [-0.25, -0.2) is 14.5 Å². The first-order chi connectivity index (χ1) is 15.5. The number of carboxylic acids is 1. The Hall–Kier alpha value is -3.44. The summed E-state index contributed by atoms with van der Waals surface area (Å²) in [5, 5.41) is 35.3. The van der Waals surface area contributed by atoms with Crippen molar-refractivity contribution in [3.63, 3.8) is 0 Å². The molecule has 8 heteroatoms. The molecule has 0 bridgehead atoms. The summed E-state index contributed by atoms with van der Waals surface area (Å²) in [7, 11) is 0. The molecule has 2 aliphatic rings. The van der Waals surface area contributed by atoms with Crippen LogP contribution in [0, 0.1) is 11.3 Å². The molecule has 2 aromatic heterocycles. The first-order valence-electron chi connectivity index (χ1n) is 11.1. The largest absolute Gasteiger partial charge is 0.477 e. The number of aliphatic hydroxyl groups is 1. The fourth-order valence-corrected chi connectivity index (χ4v) is 4.69. The fourth-order valence-electron chi connectivity index (χ4n) is 4.69. The number of anilines is 1. The predicted octanol–water partition coefficient (Wildman–Crippen LogP) is 3.63. The van der Waals surface area contributed by atoms with E-state index in [-0.39, 0.29) is 12.1 Å². The van der Waals surface area contributed by atoms with Crippen molar-refractivity contribution in [1.29, 1.82) is 5.26 Å². The Morgan fingerprint density at radius 3 is 2.53 bits per heavy atom. The number of aromatic nitrogens is 3. The van der Waals surface area contributed by atoms with Crippen LogP contribution in [-0.4, -0.2) is 49.6 Å². The van der Waals surface area contributed by atoms with Gasteiger partial charge in [0.2, 0.25) is 0 Å². The predicted molar refractivity (Wildman–Crippen MR) is 119 cm³/mol. The van der Waals surface area contributed by atoms with Gasteiger partial charge in [0.15, 0.2) is 11.3 Å². The highest BCUT2D eigenvalue weighted by Crippen LogP contribution is 2.43. The van der Waals surface area contributed by atoms with E-state index in [0.717, 1.165) is 41.7 Å². The lowest BCUT2D eigenvalue weighted by molar-refractivity contribution is 0.0208. The van der Waals surface area contributed by atoms with Crippen LogP contribution in [-0.2, 0) is 0 Å². The van der Waals surface area contributed by atoms with Crippen molar-refractivity contribution >= 4 is 22.7 Å². The number of piperidine rings is 1. The number of rotatable bonds is 5. The van der Waals surface area contributed by atoms with E-state index in [2.05, 4.69) is 16.0 Å². The number of carboxylic acid groups (broad SMARTS) is 1. The highest BCUT2D eigenvalue weighted by molar-refractivity contribution is 5.98. The number of benzene rings is 1. The topological polar surface area (TPSA) is 115 Å². The molecule has 3 aromatic rings. The number of nitrogens with zero attached hydrogens (tertiary/aromatic N) is 5. The van der Waals surface area contributed by atoms with Gasteiger partial charge in [0, 0.05) is 19.0 Å². The van der Waals surface area contributed by atoms with Gasteiger partial charge in [-0.2, -0.15) is 10.4 Å². The van der Waals surface area contributed by atoms with Crippen molar-refractivity contribution < 1.29 is 15.0 Å². The van der Waals surface area contributed by atoms with Crippen LogP contribution < -0.4 is 4.90 Å². The van der Waals surface area contributed by atoms with Gasteiger partial charge in [-0.1, -0.05) is 24.6 Å². The Morgan fingerprint density at radius 1 is 1.22 bits per heavy atom. The van der Waals surface area contributed by atoms with Crippen LogP contribution in [0.5, 0.6) is 0 Å². The maximum Gasteiger partial charge on any atom is 0.354 e. The maximum absolute atomic E-state index is 11.9. The van der Waals surface area contributed by atoms with Crippen molar-refractivity contribution in [3.8, 4) is 11.8 Å². The van der Waals surface area contributed by atoms with Gasteiger partial charge in [0.25, 0.3) is 0 Å². The average molecular weight is 431 g/mol. The average Bonchev–Trinajstić information content (AvgIpc) is 3.12. The van der Waals surface area contributed by atoms with Crippen molar-refractivity contribution in [2.75, 3.05) is 18.0 Å². The Kier molecular flexibility index (Phi) is 5.06. The summed E-state index contributed by atoms with van der Waals surface area (Å²) in [6, 6.07) is 13.4. The maximum atomic E-state index is 11.9. The van der Waals surface area contributed by atoms with Gasteiger partial charge < -0.3 is 15.1 Å². The third-order valence-corrected chi connectivity index (χ3v) is 6.80. The second-order valence-electron chi connectivity index (χ2n) is 8.84. The Balaban J connectivity index is 1.68. The highest BCUT2D eigenvalue weighted by atomic mass is 16.4. The molecule has 8 nitrogen and oxygen atoms in total. The molecule has 0 spiro atoms. The Morgan fingerprint density at radius 2 is 1.94 bits per heavy atom. The third-order valence-electron chi connectivity index (χ3n) is 6.80. The molecule has 1 aliphatic heterocycles. The lowest BCUT2D eigenvalue weighted by Gasteiger charge is -2.38. The third kappa shape index (κ3) is 3.49. The summed E-state index contributed by atoms with van der Waals surface area (Å²) in [6.45, 7) is 1.08. The fraction of sp³-hybridized carbons (Fsp3) is 0.417. The minimum Gasteiger partial charge on any atom is -0.477 e.